The van der Waals surface area contributed by atoms with Crippen molar-refractivity contribution < 1.29 is 24.0 Å². The third kappa shape index (κ3) is 6.56. The molecule has 3 heterocycles. The van der Waals surface area contributed by atoms with E-state index in [9.17, 15) is 24.0 Å². The lowest BCUT2D eigenvalue weighted by atomic mass is 9.95. The zero-order valence-electron chi connectivity index (χ0n) is 24.9. The molecule has 0 aromatic heterocycles. The second-order valence-electron chi connectivity index (χ2n) is 11.6. The molecule has 0 aliphatic carbocycles. The SMILES string of the molecule is CCCC(C(=O)NC=O)N1C(=O)c2cccc(N3CCN(CC4CCN(c5ccc(NC(C)=O)cc5)CC4)CC3)c2C1=O. The van der Waals surface area contributed by atoms with Crippen LogP contribution in [0.2, 0.25) is 0 Å². The summed E-state index contributed by atoms with van der Waals surface area (Å²) in [5.41, 5.74) is 3.36. The highest BCUT2D eigenvalue weighted by molar-refractivity contribution is 6.25. The number of nitrogens with zero attached hydrogens (tertiary/aromatic N) is 4. The van der Waals surface area contributed by atoms with Gasteiger partial charge in [0.25, 0.3) is 11.8 Å². The number of nitrogens with one attached hydrogen (secondary N) is 2. The molecule has 43 heavy (non-hydrogen) atoms. The first-order valence-corrected chi connectivity index (χ1v) is 15.2. The van der Waals surface area contributed by atoms with Crippen LogP contribution in [0.5, 0.6) is 0 Å². The highest BCUT2D eigenvalue weighted by Crippen LogP contribution is 2.34. The van der Waals surface area contributed by atoms with Gasteiger partial charge in [-0.25, -0.2) is 0 Å². The number of carbonyl (C=O) groups excluding carboxylic acids is 5. The van der Waals surface area contributed by atoms with E-state index in [2.05, 4.69) is 37.5 Å². The second kappa shape index (κ2) is 13.4. The van der Waals surface area contributed by atoms with E-state index >= 15 is 0 Å². The van der Waals surface area contributed by atoms with Gasteiger partial charge in [0.2, 0.25) is 18.2 Å². The van der Waals surface area contributed by atoms with Crippen molar-refractivity contribution >= 4 is 47.1 Å². The molecule has 2 aromatic carbocycles. The number of imide groups is 2. The van der Waals surface area contributed by atoms with Crippen molar-refractivity contribution in [1.29, 1.82) is 0 Å². The van der Waals surface area contributed by atoms with E-state index in [1.54, 1.807) is 12.1 Å². The molecular formula is C32H40N6O5. The Labute approximate surface area is 252 Å². The standard InChI is InChI=1S/C32H40N6O5/c1-3-5-28(30(41)33-21-39)38-31(42)26-6-4-7-27(29(26)32(38)43)37-18-16-35(17-19-37)20-23-12-14-36(15-13-23)25-10-8-24(9-11-25)34-22(2)40/h4,6-11,21,23,28H,3,5,12-20H2,1-2H3,(H,34,40)(H,33,39,41). The molecule has 0 bridgehead atoms. The molecule has 2 fully saturated rings. The molecule has 2 N–H and O–H groups in total. The largest absolute Gasteiger partial charge is 0.372 e. The number of hydrogen-bond acceptors (Lipinski definition) is 8. The summed E-state index contributed by atoms with van der Waals surface area (Å²) in [6.07, 6.45) is 3.37. The van der Waals surface area contributed by atoms with E-state index in [0.717, 1.165) is 74.9 Å². The fourth-order valence-electron chi connectivity index (χ4n) is 6.51. The molecule has 0 saturated carbocycles. The van der Waals surface area contributed by atoms with Gasteiger partial charge in [-0.05, 0) is 61.6 Å². The van der Waals surface area contributed by atoms with Crippen LogP contribution in [0.3, 0.4) is 0 Å². The van der Waals surface area contributed by atoms with Crippen LogP contribution >= 0.6 is 0 Å². The van der Waals surface area contributed by atoms with Crippen molar-refractivity contribution in [2.24, 2.45) is 5.92 Å². The normalized spacial score (nSPS) is 18.4. The number of benzene rings is 2. The topological polar surface area (TPSA) is 122 Å². The maximum atomic E-state index is 13.6. The molecule has 3 aliphatic heterocycles. The zero-order valence-corrected chi connectivity index (χ0v) is 24.9. The number of amides is 5. The smallest absolute Gasteiger partial charge is 0.264 e. The molecule has 11 nitrogen and oxygen atoms in total. The summed E-state index contributed by atoms with van der Waals surface area (Å²) < 4.78 is 0. The Morgan fingerprint density at radius 3 is 2.26 bits per heavy atom. The average Bonchev–Trinajstić information content (AvgIpc) is 3.26. The Morgan fingerprint density at radius 1 is 0.930 bits per heavy atom. The van der Waals surface area contributed by atoms with Crippen LogP contribution in [-0.4, -0.2) is 91.7 Å². The molecule has 228 valence electrons. The summed E-state index contributed by atoms with van der Waals surface area (Å²) in [6.45, 7) is 9.60. The lowest BCUT2D eigenvalue weighted by Gasteiger charge is -2.40. The van der Waals surface area contributed by atoms with Crippen LogP contribution in [0.15, 0.2) is 42.5 Å². The molecule has 3 aliphatic rings. The van der Waals surface area contributed by atoms with Crippen LogP contribution in [0.25, 0.3) is 0 Å². The van der Waals surface area contributed by atoms with Gasteiger partial charge in [0.1, 0.15) is 6.04 Å². The molecule has 2 saturated heterocycles. The number of piperazine rings is 1. The van der Waals surface area contributed by atoms with E-state index in [1.807, 2.05) is 25.1 Å². The summed E-state index contributed by atoms with van der Waals surface area (Å²) in [4.78, 5) is 69.7. The minimum absolute atomic E-state index is 0.0734. The highest BCUT2D eigenvalue weighted by Gasteiger charge is 2.44. The van der Waals surface area contributed by atoms with Crippen molar-refractivity contribution in [2.75, 3.05) is 60.9 Å². The van der Waals surface area contributed by atoms with Gasteiger partial charge in [-0.2, -0.15) is 0 Å². The van der Waals surface area contributed by atoms with E-state index in [1.165, 1.54) is 12.6 Å². The number of fused-ring (bicyclic) bond motifs is 1. The first-order valence-electron chi connectivity index (χ1n) is 15.2. The summed E-state index contributed by atoms with van der Waals surface area (Å²) in [6, 6.07) is 12.3. The predicted molar refractivity (Wildman–Crippen MR) is 164 cm³/mol. The third-order valence-electron chi connectivity index (χ3n) is 8.70. The van der Waals surface area contributed by atoms with E-state index < -0.39 is 23.8 Å². The molecule has 11 heteroatoms. The van der Waals surface area contributed by atoms with Gasteiger partial charge in [-0.3, -0.25) is 39.1 Å². The van der Waals surface area contributed by atoms with Gasteiger partial charge in [-0.15, -0.1) is 0 Å². The fraction of sp³-hybridized carbons (Fsp3) is 0.469. The minimum atomic E-state index is -1.03. The number of anilines is 3. The molecule has 5 amide bonds. The monoisotopic (exact) mass is 588 g/mol. The van der Waals surface area contributed by atoms with Crippen LogP contribution in [0.4, 0.5) is 17.1 Å². The summed E-state index contributed by atoms with van der Waals surface area (Å²) in [7, 11) is 0. The number of carbonyl (C=O) groups is 5. The minimum Gasteiger partial charge on any atom is -0.372 e. The Balaban J connectivity index is 1.16. The molecule has 2 aromatic rings. The molecular weight excluding hydrogens is 548 g/mol. The third-order valence-corrected chi connectivity index (χ3v) is 8.70. The van der Waals surface area contributed by atoms with Gasteiger partial charge >= 0.3 is 0 Å². The molecule has 0 spiro atoms. The maximum absolute atomic E-state index is 13.6. The lowest BCUT2D eigenvalue weighted by Crippen LogP contribution is -2.50. The summed E-state index contributed by atoms with van der Waals surface area (Å²) in [5, 5.41) is 4.92. The van der Waals surface area contributed by atoms with Gasteiger partial charge in [-0.1, -0.05) is 19.4 Å². The number of hydrogen-bond donors (Lipinski definition) is 2. The molecule has 1 atom stereocenters. The van der Waals surface area contributed by atoms with Gasteiger partial charge < -0.3 is 15.1 Å². The Hall–Kier alpha value is -4.25. The quantitative estimate of drug-likeness (QED) is 0.321. The van der Waals surface area contributed by atoms with Gasteiger partial charge in [0.05, 0.1) is 16.8 Å². The second-order valence-corrected chi connectivity index (χ2v) is 11.6. The summed E-state index contributed by atoms with van der Waals surface area (Å²) in [5.74, 6) is -1.07. The zero-order chi connectivity index (χ0) is 30.5. The maximum Gasteiger partial charge on any atom is 0.264 e. The van der Waals surface area contributed by atoms with Crippen LogP contribution in [-0.2, 0) is 14.4 Å². The van der Waals surface area contributed by atoms with Crippen LogP contribution in [0, 0.1) is 5.92 Å². The van der Waals surface area contributed by atoms with Crippen LogP contribution in [0.1, 0.15) is 60.2 Å². The van der Waals surface area contributed by atoms with Gasteiger partial charge in [0, 0.05) is 64.1 Å². The highest BCUT2D eigenvalue weighted by atomic mass is 16.2. The number of rotatable bonds is 10. The van der Waals surface area contributed by atoms with Crippen molar-refractivity contribution in [3.05, 3.63) is 53.6 Å². The first-order chi connectivity index (χ1) is 20.8. The Kier molecular flexibility index (Phi) is 9.40. The Bertz CT molecular complexity index is 1360. The number of piperidine rings is 1. The van der Waals surface area contributed by atoms with Crippen molar-refractivity contribution in [3.8, 4) is 0 Å². The van der Waals surface area contributed by atoms with E-state index in [4.69, 9.17) is 0 Å². The predicted octanol–water partition coefficient (Wildman–Crippen LogP) is 2.72. The Morgan fingerprint density at radius 2 is 1.63 bits per heavy atom. The first kappa shape index (κ1) is 30.2. The fourth-order valence-corrected chi connectivity index (χ4v) is 6.51. The van der Waals surface area contributed by atoms with E-state index in [0.29, 0.717) is 23.5 Å². The van der Waals surface area contributed by atoms with Crippen molar-refractivity contribution in [3.63, 3.8) is 0 Å². The van der Waals surface area contributed by atoms with Crippen LogP contribution < -0.4 is 20.4 Å². The molecule has 1 unspecified atom stereocenters. The van der Waals surface area contributed by atoms with E-state index in [-0.39, 0.29) is 18.7 Å². The lowest BCUT2D eigenvalue weighted by molar-refractivity contribution is -0.128. The molecule has 5 rings (SSSR count). The average molecular weight is 589 g/mol. The van der Waals surface area contributed by atoms with Gasteiger partial charge in [0.15, 0.2) is 0 Å². The van der Waals surface area contributed by atoms with Crippen molar-refractivity contribution in [1.82, 2.24) is 15.1 Å². The molecule has 0 radical (unpaired) electrons. The summed E-state index contributed by atoms with van der Waals surface area (Å²) >= 11 is 0. The van der Waals surface area contributed by atoms with Crippen molar-refractivity contribution in [2.45, 2.75) is 45.6 Å².